The van der Waals surface area contributed by atoms with Crippen molar-refractivity contribution < 1.29 is 23.8 Å². The van der Waals surface area contributed by atoms with Gasteiger partial charge < -0.3 is 19.6 Å². The first-order valence-corrected chi connectivity index (χ1v) is 7.21. The Morgan fingerprint density at radius 3 is 2.68 bits per heavy atom. The number of hydrogen-bond acceptors (Lipinski definition) is 4. The highest BCUT2D eigenvalue weighted by Crippen LogP contribution is 2.25. The predicted octanol–water partition coefficient (Wildman–Crippen LogP) is 2.24. The van der Waals surface area contributed by atoms with Gasteiger partial charge >= 0.3 is 5.97 Å². The SMILES string of the molecule is CC(NC(=O)[C@@H]1CC[C@H](C(=O)O)O1)c1cc2ccccc2o1. The first kappa shape index (κ1) is 14.6. The van der Waals surface area contributed by atoms with Crippen LogP contribution in [0.25, 0.3) is 11.0 Å². The van der Waals surface area contributed by atoms with Crippen LogP contribution in [0.4, 0.5) is 0 Å². The number of amides is 1. The summed E-state index contributed by atoms with van der Waals surface area (Å²) in [6, 6.07) is 9.18. The molecule has 0 radical (unpaired) electrons. The second-order valence-electron chi connectivity index (χ2n) is 5.45. The number of aliphatic carboxylic acids is 1. The van der Waals surface area contributed by atoms with Crippen LogP contribution in [0.3, 0.4) is 0 Å². The fourth-order valence-corrected chi connectivity index (χ4v) is 2.60. The number of rotatable bonds is 4. The Labute approximate surface area is 127 Å². The zero-order valence-electron chi connectivity index (χ0n) is 12.1. The zero-order valence-corrected chi connectivity index (χ0v) is 12.1. The second-order valence-corrected chi connectivity index (χ2v) is 5.45. The lowest BCUT2D eigenvalue weighted by atomic mass is 10.1. The Morgan fingerprint density at radius 1 is 1.27 bits per heavy atom. The second kappa shape index (κ2) is 5.81. The molecule has 2 heterocycles. The minimum atomic E-state index is -1.03. The molecule has 1 fully saturated rings. The average Bonchev–Trinajstić information content (AvgIpc) is 3.14. The van der Waals surface area contributed by atoms with Crippen LogP contribution >= 0.6 is 0 Å². The molecule has 1 saturated heterocycles. The Kier molecular flexibility index (Phi) is 3.85. The highest BCUT2D eigenvalue weighted by Gasteiger charge is 2.35. The lowest BCUT2D eigenvalue weighted by molar-refractivity contribution is -0.151. The Balaban J connectivity index is 1.65. The maximum absolute atomic E-state index is 12.1. The highest BCUT2D eigenvalue weighted by molar-refractivity contribution is 5.83. The molecular weight excluding hydrogens is 286 g/mol. The Morgan fingerprint density at radius 2 is 2.00 bits per heavy atom. The minimum absolute atomic E-state index is 0.309. The van der Waals surface area contributed by atoms with Gasteiger partial charge in [0.1, 0.15) is 17.4 Å². The van der Waals surface area contributed by atoms with E-state index in [1.807, 2.05) is 37.3 Å². The standard InChI is InChI=1S/C16H17NO5/c1-9(14-8-10-4-2-3-5-11(10)21-14)17-15(18)12-6-7-13(22-12)16(19)20/h2-5,8-9,12-13H,6-7H2,1H3,(H,17,18)(H,19,20)/t9?,12-,13+/m0/s1. The van der Waals surface area contributed by atoms with E-state index >= 15 is 0 Å². The number of carbonyl (C=O) groups is 2. The molecule has 116 valence electrons. The van der Waals surface area contributed by atoms with E-state index in [4.69, 9.17) is 14.3 Å². The number of carboxylic acid groups (broad SMARTS) is 1. The molecular formula is C16H17NO5. The molecule has 0 bridgehead atoms. The fraction of sp³-hybridized carbons (Fsp3) is 0.375. The van der Waals surface area contributed by atoms with Crippen LogP contribution in [0.15, 0.2) is 34.7 Å². The van der Waals surface area contributed by atoms with Gasteiger partial charge in [-0.25, -0.2) is 4.79 Å². The van der Waals surface area contributed by atoms with Crippen molar-refractivity contribution in [3.63, 3.8) is 0 Å². The summed E-state index contributed by atoms with van der Waals surface area (Å²) < 4.78 is 10.9. The summed E-state index contributed by atoms with van der Waals surface area (Å²) >= 11 is 0. The largest absolute Gasteiger partial charge is 0.479 e. The molecule has 3 rings (SSSR count). The molecule has 3 atom stereocenters. The summed E-state index contributed by atoms with van der Waals surface area (Å²) in [6.07, 6.45) is -0.840. The monoisotopic (exact) mass is 303 g/mol. The van der Waals surface area contributed by atoms with Gasteiger partial charge in [-0.2, -0.15) is 0 Å². The van der Waals surface area contributed by atoms with Gasteiger partial charge in [-0.15, -0.1) is 0 Å². The fourth-order valence-electron chi connectivity index (χ4n) is 2.60. The summed E-state index contributed by atoms with van der Waals surface area (Å²) in [5.74, 6) is -0.681. The average molecular weight is 303 g/mol. The van der Waals surface area contributed by atoms with Gasteiger partial charge in [0.2, 0.25) is 5.91 Å². The molecule has 0 aliphatic carbocycles. The van der Waals surface area contributed by atoms with Crippen molar-refractivity contribution in [3.8, 4) is 0 Å². The molecule has 1 amide bonds. The number of hydrogen-bond donors (Lipinski definition) is 2. The van der Waals surface area contributed by atoms with Gasteiger partial charge in [0.25, 0.3) is 0 Å². The third kappa shape index (κ3) is 2.82. The van der Waals surface area contributed by atoms with E-state index < -0.39 is 18.2 Å². The molecule has 1 aromatic carbocycles. The first-order chi connectivity index (χ1) is 10.5. The van der Waals surface area contributed by atoms with Crippen LogP contribution < -0.4 is 5.32 Å². The van der Waals surface area contributed by atoms with Crippen LogP contribution in [-0.4, -0.2) is 29.2 Å². The lowest BCUT2D eigenvalue weighted by Crippen LogP contribution is -2.36. The van der Waals surface area contributed by atoms with E-state index in [1.54, 1.807) is 0 Å². The lowest BCUT2D eigenvalue weighted by Gasteiger charge is -2.15. The number of para-hydroxylation sites is 1. The number of ether oxygens (including phenoxy) is 1. The van der Waals surface area contributed by atoms with Crippen LogP contribution in [-0.2, 0) is 14.3 Å². The molecule has 1 unspecified atom stereocenters. The molecule has 0 spiro atoms. The van der Waals surface area contributed by atoms with Crippen LogP contribution in [0, 0.1) is 0 Å². The van der Waals surface area contributed by atoms with Crippen molar-refractivity contribution in [3.05, 3.63) is 36.1 Å². The van der Waals surface area contributed by atoms with Crippen molar-refractivity contribution in [1.29, 1.82) is 0 Å². The van der Waals surface area contributed by atoms with Crippen LogP contribution in [0.5, 0.6) is 0 Å². The summed E-state index contributed by atoms with van der Waals surface area (Å²) in [7, 11) is 0. The number of benzene rings is 1. The maximum Gasteiger partial charge on any atom is 0.332 e. The maximum atomic E-state index is 12.1. The molecule has 2 aromatic rings. The van der Waals surface area contributed by atoms with Crippen LogP contribution in [0.2, 0.25) is 0 Å². The number of carboxylic acids is 1. The Hall–Kier alpha value is -2.34. The molecule has 6 nitrogen and oxygen atoms in total. The summed E-state index contributed by atoms with van der Waals surface area (Å²) in [6.45, 7) is 1.82. The number of nitrogens with one attached hydrogen (secondary N) is 1. The van der Waals surface area contributed by atoms with E-state index in [-0.39, 0.29) is 11.9 Å². The number of carbonyl (C=O) groups excluding carboxylic acids is 1. The number of fused-ring (bicyclic) bond motifs is 1. The van der Waals surface area contributed by atoms with Gasteiger partial charge in [-0.05, 0) is 31.9 Å². The Bertz CT molecular complexity index is 674. The topological polar surface area (TPSA) is 88.8 Å². The third-order valence-electron chi connectivity index (χ3n) is 3.82. The van der Waals surface area contributed by atoms with Crippen molar-refractivity contribution in [1.82, 2.24) is 5.32 Å². The van der Waals surface area contributed by atoms with E-state index in [1.165, 1.54) is 0 Å². The van der Waals surface area contributed by atoms with Crippen LogP contribution in [0.1, 0.15) is 31.6 Å². The quantitative estimate of drug-likeness (QED) is 0.904. The highest BCUT2D eigenvalue weighted by atomic mass is 16.5. The molecule has 6 heteroatoms. The predicted molar refractivity (Wildman–Crippen MR) is 78.3 cm³/mol. The summed E-state index contributed by atoms with van der Waals surface area (Å²) in [5.41, 5.74) is 0.765. The van der Waals surface area contributed by atoms with Crippen molar-refractivity contribution in [2.45, 2.75) is 38.0 Å². The summed E-state index contributed by atoms with van der Waals surface area (Å²) in [5, 5.41) is 12.7. The molecule has 22 heavy (non-hydrogen) atoms. The summed E-state index contributed by atoms with van der Waals surface area (Å²) in [4.78, 5) is 23.0. The van der Waals surface area contributed by atoms with E-state index in [9.17, 15) is 9.59 Å². The first-order valence-electron chi connectivity index (χ1n) is 7.21. The van der Waals surface area contributed by atoms with Gasteiger partial charge in [0, 0.05) is 5.39 Å². The van der Waals surface area contributed by atoms with E-state index in [0.29, 0.717) is 18.6 Å². The molecule has 2 N–H and O–H groups in total. The third-order valence-corrected chi connectivity index (χ3v) is 3.82. The van der Waals surface area contributed by atoms with Gasteiger partial charge in [-0.3, -0.25) is 4.79 Å². The van der Waals surface area contributed by atoms with E-state index in [2.05, 4.69) is 5.32 Å². The van der Waals surface area contributed by atoms with Gasteiger partial charge in [-0.1, -0.05) is 18.2 Å². The van der Waals surface area contributed by atoms with Gasteiger partial charge in [0.05, 0.1) is 6.04 Å². The smallest absolute Gasteiger partial charge is 0.332 e. The normalized spacial score (nSPS) is 22.6. The van der Waals surface area contributed by atoms with Crippen molar-refractivity contribution in [2.75, 3.05) is 0 Å². The zero-order chi connectivity index (χ0) is 15.7. The van der Waals surface area contributed by atoms with Crippen molar-refractivity contribution in [2.24, 2.45) is 0 Å². The van der Waals surface area contributed by atoms with Gasteiger partial charge in [0.15, 0.2) is 6.10 Å². The molecule has 1 aliphatic heterocycles. The van der Waals surface area contributed by atoms with Crippen molar-refractivity contribution >= 4 is 22.8 Å². The molecule has 0 saturated carbocycles. The molecule has 1 aliphatic rings. The minimum Gasteiger partial charge on any atom is -0.479 e. The number of furan rings is 1. The van der Waals surface area contributed by atoms with E-state index in [0.717, 1.165) is 11.0 Å². The molecule has 1 aromatic heterocycles.